The van der Waals surface area contributed by atoms with Crippen molar-refractivity contribution in [1.29, 1.82) is 0 Å². The van der Waals surface area contributed by atoms with Gasteiger partial charge in [-0.2, -0.15) is 5.10 Å². The highest BCUT2D eigenvalue weighted by Crippen LogP contribution is 2.13. The number of aliphatic imine (C=N–C) groups is 1. The number of fused-ring (bicyclic) bond motifs is 1. The molecule has 0 aromatic carbocycles. The Balaban J connectivity index is 0.00000243. The van der Waals surface area contributed by atoms with Crippen molar-refractivity contribution in [3.05, 3.63) is 35.7 Å². The van der Waals surface area contributed by atoms with Gasteiger partial charge in [-0.25, -0.2) is 14.7 Å². The highest BCUT2D eigenvalue weighted by atomic mass is 127. The van der Waals surface area contributed by atoms with Crippen LogP contribution >= 0.6 is 24.0 Å². The zero-order valence-electron chi connectivity index (χ0n) is 15.6. The number of nitrogens with zero attached hydrogens (tertiary/aromatic N) is 5. The van der Waals surface area contributed by atoms with Gasteiger partial charge in [0.1, 0.15) is 12.4 Å². The molecule has 144 valence electrons. The van der Waals surface area contributed by atoms with Gasteiger partial charge in [-0.15, -0.1) is 24.0 Å². The molecule has 1 atom stereocenters. The second kappa shape index (κ2) is 9.91. The first kappa shape index (κ1) is 20.7. The smallest absolute Gasteiger partial charge is 0.191 e. The molecule has 2 aromatic heterocycles. The van der Waals surface area contributed by atoms with E-state index in [0.717, 1.165) is 43.5 Å². The van der Waals surface area contributed by atoms with E-state index in [2.05, 4.69) is 39.9 Å². The van der Waals surface area contributed by atoms with Gasteiger partial charge in [-0.05, 0) is 25.0 Å². The van der Waals surface area contributed by atoms with E-state index in [4.69, 9.17) is 9.73 Å². The number of rotatable bonds is 6. The molecule has 9 heteroatoms. The maximum absolute atomic E-state index is 5.12. The molecule has 0 fully saturated rings. The molecule has 8 nitrogen and oxygen atoms in total. The standard InChI is InChI=1S/C17H27N7O.HI/c1-4-18-17(19-9-13-7-8-23(2)10-13)20-14-5-6-16-21-15(12-25-3)22-24(16)11-14;/h7-8,10,14H,4-6,9,11-12H2,1-3H3,(H2,18,19,20);1H. The molecule has 1 unspecified atom stereocenters. The lowest BCUT2D eigenvalue weighted by Crippen LogP contribution is -2.47. The molecule has 1 aliphatic rings. The Morgan fingerprint density at radius 3 is 3.00 bits per heavy atom. The van der Waals surface area contributed by atoms with Gasteiger partial charge < -0.3 is 19.9 Å². The average Bonchev–Trinajstić information content (AvgIpc) is 3.18. The zero-order chi connectivity index (χ0) is 17.6. The summed E-state index contributed by atoms with van der Waals surface area (Å²) in [7, 11) is 3.68. The third kappa shape index (κ3) is 5.44. The van der Waals surface area contributed by atoms with E-state index in [1.54, 1.807) is 7.11 Å². The summed E-state index contributed by atoms with van der Waals surface area (Å²) in [6.45, 7) is 4.82. The van der Waals surface area contributed by atoms with Crippen LogP contribution in [0.2, 0.25) is 0 Å². The molecule has 2 N–H and O–H groups in total. The molecule has 26 heavy (non-hydrogen) atoms. The lowest BCUT2D eigenvalue weighted by molar-refractivity contribution is 0.177. The van der Waals surface area contributed by atoms with Crippen LogP contribution in [0.4, 0.5) is 0 Å². The normalized spacial score (nSPS) is 16.7. The number of aryl methyl sites for hydroxylation is 2. The Morgan fingerprint density at radius 1 is 1.46 bits per heavy atom. The van der Waals surface area contributed by atoms with E-state index < -0.39 is 0 Å². The van der Waals surface area contributed by atoms with Crippen LogP contribution in [-0.2, 0) is 37.9 Å². The first-order valence-electron chi connectivity index (χ1n) is 8.75. The Bertz CT molecular complexity index is 725. The van der Waals surface area contributed by atoms with Gasteiger partial charge in [-0.3, -0.25) is 0 Å². The molecular formula is C17H28IN7O. The van der Waals surface area contributed by atoms with Crippen LogP contribution in [0.25, 0.3) is 0 Å². The van der Waals surface area contributed by atoms with Crippen molar-refractivity contribution in [2.24, 2.45) is 12.0 Å². The summed E-state index contributed by atoms with van der Waals surface area (Å²) in [6, 6.07) is 2.38. The van der Waals surface area contributed by atoms with Crippen molar-refractivity contribution in [3.63, 3.8) is 0 Å². The summed E-state index contributed by atoms with van der Waals surface area (Å²) in [4.78, 5) is 9.22. The summed E-state index contributed by atoms with van der Waals surface area (Å²) in [5.41, 5.74) is 1.20. The summed E-state index contributed by atoms with van der Waals surface area (Å²) in [5, 5.41) is 11.4. The Morgan fingerprint density at radius 2 is 2.31 bits per heavy atom. The SMILES string of the molecule is CCNC(=NCc1ccn(C)c1)NC1CCc2nc(COC)nn2C1.I. The third-order valence-electron chi connectivity index (χ3n) is 4.17. The molecule has 1 aliphatic heterocycles. The number of methoxy groups -OCH3 is 1. The molecular weight excluding hydrogens is 445 g/mol. The van der Waals surface area contributed by atoms with Crippen molar-refractivity contribution in [3.8, 4) is 0 Å². The fourth-order valence-electron chi connectivity index (χ4n) is 3.01. The second-order valence-electron chi connectivity index (χ2n) is 6.32. The molecule has 0 saturated carbocycles. The van der Waals surface area contributed by atoms with Gasteiger partial charge in [0.25, 0.3) is 0 Å². The van der Waals surface area contributed by atoms with E-state index in [1.165, 1.54) is 5.56 Å². The molecule has 0 aliphatic carbocycles. The van der Waals surface area contributed by atoms with Crippen molar-refractivity contribution in [2.45, 2.75) is 45.5 Å². The zero-order valence-corrected chi connectivity index (χ0v) is 17.9. The first-order chi connectivity index (χ1) is 12.2. The number of ether oxygens (including phenoxy) is 1. The predicted octanol–water partition coefficient (Wildman–Crippen LogP) is 1.45. The van der Waals surface area contributed by atoms with Crippen LogP contribution < -0.4 is 10.6 Å². The summed E-state index contributed by atoms with van der Waals surface area (Å²) < 4.78 is 9.14. The van der Waals surface area contributed by atoms with Gasteiger partial charge in [0.15, 0.2) is 11.8 Å². The van der Waals surface area contributed by atoms with E-state index in [9.17, 15) is 0 Å². The lowest BCUT2D eigenvalue weighted by Gasteiger charge is -2.25. The number of aromatic nitrogens is 4. The quantitative estimate of drug-likeness (QED) is 0.377. The number of guanidine groups is 1. The van der Waals surface area contributed by atoms with E-state index in [1.807, 2.05) is 22.5 Å². The Kier molecular flexibility index (Phi) is 7.88. The van der Waals surface area contributed by atoms with Crippen LogP contribution in [0.3, 0.4) is 0 Å². The Labute approximate surface area is 171 Å². The van der Waals surface area contributed by atoms with Crippen molar-refractivity contribution < 1.29 is 4.74 Å². The molecule has 0 bridgehead atoms. The minimum atomic E-state index is 0. The Hall–Kier alpha value is -1.62. The molecule has 0 spiro atoms. The largest absolute Gasteiger partial charge is 0.377 e. The maximum Gasteiger partial charge on any atom is 0.191 e. The third-order valence-corrected chi connectivity index (χ3v) is 4.17. The number of halogens is 1. The van der Waals surface area contributed by atoms with Crippen molar-refractivity contribution >= 4 is 29.9 Å². The highest BCUT2D eigenvalue weighted by Gasteiger charge is 2.22. The van der Waals surface area contributed by atoms with E-state index in [-0.39, 0.29) is 30.0 Å². The fourth-order valence-corrected chi connectivity index (χ4v) is 3.01. The minimum Gasteiger partial charge on any atom is -0.377 e. The molecule has 2 aromatic rings. The van der Waals surface area contributed by atoms with Gasteiger partial charge in [0, 0.05) is 45.6 Å². The summed E-state index contributed by atoms with van der Waals surface area (Å²) >= 11 is 0. The molecule has 0 amide bonds. The fraction of sp³-hybridized carbons (Fsp3) is 0.588. The van der Waals surface area contributed by atoms with Crippen LogP contribution in [0.5, 0.6) is 0 Å². The summed E-state index contributed by atoms with van der Waals surface area (Å²) in [5.74, 6) is 2.64. The number of nitrogens with one attached hydrogen (secondary N) is 2. The maximum atomic E-state index is 5.12. The minimum absolute atomic E-state index is 0. The molecule has 3 heterocycles. The first-order valence-corrected chi connectivity index (χ1v) is 8.75. The van der Waals surface area contributed by atoms with E-state index in [0.29, 0.717) is 13.2 Å². The number of hydrogen-bond donors (Lipinski definition) is 2. The van der Waals surface area contributed by atoms with Gasteiger partial charge >= 0.3 is 0 Å². The second-order valence-corrected chi connectivity index (χ2v) is 6.32. The van der Waals surface area contributed by atoms with Crippen LogP contribution in [-0.4, -0.2) is 45.0 Å². The topological polar surface area (TPSA) is 81.3 Å². The van der Waals surface area contributed by atoms with Crippen LogP contribution in [0, 0.1) is 0 Å². The van der Waals surface area contributed by atoms with Gasteiger partial charge in [0.2, 0.25) is 0 Å². The highest BCUT2D eigenvalue weighted by molar-refractivity contribution is 14.0. The van der Waals surface area contributed by atoms with Gasteiger partial charge in [0.05, 0.1) is 13.1 Å². The van der Waals surface area contributed by atoms with Crippen LogP contribution in [0.1, 0.15) is 30.6 Å². The van der Waals surface area contributed by atoms with Gasteiger partial charge in [-0.1, -0.05) is 0 Å². The predicted molar refractivity (Wildman–Crippen MR) is 112 cm³/mol. The molecule has 0 radical (unpaired) electrons. The number of hydrogen-bond acceptors (Lipinski definition) is 4. The van der Waals surface area contributed by atoms with Crippen molar-refractivity contribution in [2.75, 3.05) is 13.7 Å². The lowest BCUT2D eigenvalue weighted by atomic mass is 10.1. The molecule has 3 rings (SSSR count). The van der Waals surface area contributed by atoms with Crippen LogP contribution in [0.15, 0.2) is 23.5 Å². The van der Waals surface area contributed by atoms with Crippen molar-refractivity contribution in [1.82, 2.24) is 30.0 Å². The van der Waals surface area contributed by atoms with E-state index >= 15 is 0 Å². The molecule has 0 saturated heterocycles. The summed E-state index contributed by atoms with van der Waals surface area (Å²) in [6.07, 6.45) is 6.05. The monoisotopic (exact) mass is 473 g/mol. The average molecular weight is 473 g/mol.